The van der Waals surface area contributed by atoms with Crippen LogP contribution in [0.1, 0.15) is 16.3 Å². The smallest absolute Gasteiger partial charge is 0.353 e. The molecule has 0 unspecified atom stereocenters. The molecule has 1 aliphatic heterocycles. The highest BCUT2D eigenvalue weighted by molar-refractivity contribution is 7.18. The van der Waals surface area contributed by atoms with E-state index < -0.39 is 12.0 Å². The molecular weight excluding hydrogens is 317 g/mol. The average Bonchev–Trinajstić information content (AvgIpc) is 2.72. The van der Waals surface area contributed by atoms with Crippen LogP contribution in [0.25, 0.3) is 10.2 Å². The molecule has 0 aliphatic carbocycles. The Hall–Kier alpha value is -1.90. The summed E-state index contributed by atoms with van der Waals surface area (Å²) in [5.74, 6) is -1.20. The summed E-state index contributed by atoms with van der Waals surface area (Å²) >= 11 is 1.21. The Morgan fingerprint density at radius 1 is 1.27 bits per heavy atom. The number of alkyl halides is 3. The first kappa shape index (κ1) is 15.0. The van der Waals surface area contributed by atoms with E-state index in [-0.39, 0.29) is 18.3 Å². The molecule has 3 rings (SSSR count). The lowest BCUT2D eigenvalue weighted by molar-refractivity contribution is -0.144. The van der Waals surface area contributed by atoms with Gasteiger partial charge in [0.1, 0.15) is 10.6 Å². The van der Waals surface area contributed by atoms with Gasteiger partial charge in [0.15, 0.2) is 0 Å². The van der Waals surface area contributed by atoms with Gasteiger partial charge in [0.2, 0.25) is 11.7 Å². The van der Waals surface area contributed by atoms with Crippen LogP contribution in [0.4, 0.5) is 19.0 Å². The van der Waals surface area contributed by atoms with Gasteiger partial charge in [-0.2, -0.15) is 13.2 Å². The van der Waals surface area contributed by atoms with Gasteiger partial charge in [0.25, 0.3) is 0 Å². The van der Waals surface area contributed by atoms with Crippen LogP contribution in [0, 0.1) is 13.8 Å². The maximum Gasteiger partial charge on any atom is 0.451 e. The van der Waals surface area contributed by atoms with Crippen molar-refractivity contribution in [3.8, 4) is 0 Å². The lowest BCUT2D eigenvalue weighted by Gasteiger charge is -2.28. The number of carbonyl (C=O) groups excluding carboxylic acids is 1. The highest BCUT2D eigenvalue weighted by Crippen LogP contribution is 2.38. The maximum absolute atomic E-state index is 13.0. The molecule has 22 heavy (non-hydrogen) atoms. The predicted molar refractivity (Wildman–Crippen MR) is 77.1 cm³/mol. The van der Waals surface area contributed by atoms with Crippen molar-refractivity contribution in [3.05, 3.63) is 16.3 Å². The van der Waals surface area contributed by atoms with Crippen molar-refractivity contribution in [1.82, 2.24) is 15.3 Å². The molecule has 1 N–H and O–H groups in total. The lowest BCUT2D eigenvalue weighted by atomic mass is 10.2. The van der Waals surface area contributed by atoms with Gasteiger partial charge in [-0.15, -0.1) is 11.3 Å². The number of thiophene rings is 1. The van der Waals surface area contributed by atoms with Gasteiger partial charge in [-0.25, -0.2) is 9.97 Å². The van der Waals surface area contributed by atoms with Crippen molar-refractivity contribution in [2.24, 2.45) is 0 Å². The topological polar surface area (TPSA) is 58.1 Å². The summed E-state index contributed by atoms with van der Waals surface area (Å²) in [7, 11) is 0. The third kappa shape index (κ3) is 2.49. The SMILES string of the molecule is Cc1sc2nc(C(F)(F)F)nc(N3CCNC(=O)C3)c2c1C. The summed E-state index contributed by atoms with van der Waals surface area (Å²) in [6, 6.07) is 0. The van der Waals surface area contributed by atoms with Crippen molar-refractivity contribution in [3.63, 3.8) is 0 Å². The molecule has 1 fully saturated rings. The van der Waals surface area contributed by atoms with Gasteiger partial charge in [-0.1, -0.05) is 0 Å². The summed E-state index contributed by atoms with van der Waals surface area (Å²) in [6.07, 6.45) is -4.62. The Labute approximate surface area is 128 Å². The first-order valence-electron chi connectivity index (χ1n) is 6.64. The molecule has 1 aliphatic rings. The third-order valence-corrected chi connectivity index (χ3v) is 4.70. The number of aromatic nitrogens is 2. The number of rotatable bonds is 1. The molecule has 3 heterocycles. The lowest BCUT2D eigenvalue weighted by Crippen LogP contribution is -2.48. The zero-order valence-corrected chi connectivity index (χ0v) is 12.7. The van der Waals surface area contributed by atoms with Crippen molar-refractivity contribution >= 4 is 33.3 Å². The highest BCUT2D eigenvalue weighted by Gasteiger charge is 2.37. The average molecular weight is 330 g/mol. The van der Waals surface area contributed by atoms with E-state index in [1.165, 1.54) is 11.3 Å². The van der Waals surface area contributed by atoms with Crippen molar-refractivity contribution in [2.75, 3.05) is 24.5 Å². The summed E-state index contributed by atoms with van der Waals surface area (Å²) in [4.78, 5) is 21.7. The van der Waals surface area contributed by atoms with Crippen LogP contribution in [-0.4, -0.2) is 35.5 Å². The molecule has 2 aromatic rings. The second kappa shape index (κ2) is 5.08. The summed E-state index contributed by atoms with van der Waals surface area (Å²) in [5, 5.41) is 3.25. The molecule has 0 bridgehead atoms. The number of aryl methyl sites for hydroxylation is 2. The Morgan fingerprint density at radius 3 is 2.64 bits per heavy atom. The van der Waals surface area contributed by atoms with E-state index in [2.05, 4.69) is 15.3 Å². The molecule has 0 spiro atoms. The molecule has 9 heteroatoms. The monoisotopic (exact) mass is 330 g/mol. The molecule has 0 atom stereocenters. The zero-order valence-electron chi connectivity index (χ0n) is 11.9. The van der Waals surface area contributed by atoms with Crippen LogP contribution in [0.3, 0.4) is 0 Å². The molecule has 0 radical (unpaired) electrons. The third-order valence-electron chi connectivity index (χ3n) is 3.60. The molecule has 2 aromatic heterocycles. The van der Waals surface area contributed by atoms with Crippen LogP contribution >= 0.6 is 11.3 Å². The number of hydrogen-bond acceptors (Lipinski definition) is 5. The van der Waals surface area contributed by atoms with Gasteiger partial charge < -0.3 is 10.2 Å². The molecule has 118 valence electrons. The molecule has 0 saturated carbocycles. The molecule has 0 aromatic carbocycles. The molecule has 1 saturated heterocycles. The van der Waals surface area contributed by atoms with Crippen molar-refractivity contribution in [2.45, 2.75) is 20.0 Å². The number of amides is 1. The second-order valence-corrected chi connectivity index (χ2v) is 6.31. The van der Waals surface area contributed by atoms with Crippen LogP contribution in [0.15, 0.2) is 0 Å². The van der Waals surface area contributed by atoms with Crippen LogP contribution in [0.5, 0.6) is 0 Å². The minimum atomic E-state index is -4.62. The number of nitrogens with one attached hydrogen (secondary N) is 1. The summed E-state index contributed by atoms with van der Waals surface area (Å²) in [6.45, 7) is 4.47. The minimum Gasteiger partial charge on any atom is -0.353 e. The first-order chi connectivity index (χ1) is 10.3. The van der Waals surface area contributed by atoms with Crippen molar-refractivity contribution in [1.29, 1.82) is 0 Å². The van der Waals surface area contributed by atoms with E-state index in [1.54, 1.807) is 4.90 Å². The summed E-state index contributed by atoms with van der Waals surface area (Å²) < 4.78 is 39.1. The fourth-order valence-corrected chi connectivity index (χ4v) is 3.43. The Bertz CT molecular complexity index is 756. The Kier molecular flexibility index (Phi) is 3.47. The number of nitrogens with zero attached hydrogens (tertiary/aromatic N) is 3. The number of hydrogen-bond donors (Lipinski definition) is 1. The number of piperazine rings is 1. The quantitative estimate of drug-likeness (QED) is 0.871. The maximum atomic E-state index is 13.0. The predicted octanol–water partition coefficient (Wildman–Crippen LogP) is 2.26. The van der Waals surface area contributed by atoms with Gasteiger partial charge in [0, 0.05) is 18.0 Å². The van der Waals surface area contributed by atoms with E-state index in [4.69, 9.17) is 0 Å². The first-order valence-corrected chi connectivity index (χ1v) is 7.45. The molecule has 5 nitrogen and oxygen atoms in total. The van der Waals surface area contributed by atoms with E-state index in [0.29, 0.717) is 23.3 Å². The van der Waals surface area contributed by atoms with Gasteiger partial charge >= 0.3 is 6.18 Å². The second-order valence-electron chi connectivity index (χ2n) is 5.10. The van der Waals surface area contributed by atoms with E-state index in [0.717, 1.165) is 10.4 Å². The highest BCUT2D eigenvalue weighted by atomic mass is 32.1. The van der Waals surface area contributed by atoms with Crippen LogP contribution in [0.2, 0.25) is 0 Å². The van der Waals surface area contributed by atoms with Crippen molar-refractivity contribution < 1.29 is 18.0 Å². The number of fused-ring (bicyclic) bond motifs is 1. The fourth-order valence-electron chi connectivity index (χ4n) is 2.40. The van der Waals surface area contributed by atoms with E-state index >= 15 is 0 Å². The van der Waals surface area contributed by atoms with Gasteiger partial charge in [0.05, 0.1) is 11.9 Å². The standard InChI is InChI=1S/C13H13F3N4OS/c1-6-7(2)22-11-9(6)10(18-12(19-11)13(14,15)16)20-4-3-17-8(21)5-20/h3-5H2,1-2H3,(H,17,21). The number of halogens is 3. The fraction of sp³-hybridized carbons (Fsp3) is 0.462. The number of anilines is 1. The minimum absolute atomic E-state index is 0.00224. The Balaban J connectivity index is 2.23. The normalized spacial score (nSPS) is 16.2. The van der Waals surface area contributed by atoms with Crippen LogP contribution < -0.4 is 10.2 Å². The molecular formula is C13H13F3N4OS. The van der Waals surface area contributed by atoms with Gasteiger partial charge in [-0.05, 0) is 19.4 Å². The van der Waals surface area contributed by atoms with E-state index in [1.807, 2.05) is 13.8 Å². The summed E-state index contributed by atoms with van der Waals surface area (Å²) in [5.41, 5.74) is 0.856. The zero-order chi connectivity index (χ0) is 16.1. The van der Waals surface area contributed by atoms with Gasteiger partial charge in [-0.3, -0.25) is 4.79 Å². The Morgan fingerprint density at radius 2 is 2.00 bits per heavy atom. The number of carbonyl (C=O) groups is 1. The largest absolute Gasteiger partial charge is 0.451 e. The molecule has 1 amide bonds. The van der Waals surface area contributed by atoms with E-state index in [9.17, 15) is 18.0 Å². The van der Waals surface area contributed by atoms with Crippen LogP contribution in [-0.2, 0) is 11.0 Å².